The maximum Gasteiger partial charge on any atom is 0.119 e. The molecule has 1 aromatic carbocycles. The van der Waals surface area contributed by atoms with Crippen molar-refractivity contribution in [3.05, 3.63) is 29.8 Å². The number of nitrogens with one attached hydrogen (secondary N) is 1. The minimum absolute atomic E-state index is 0.416. The van der Waals surface area contributed by atoms with Crippen molar-refractivity contribution in [1.29, 1.82) is 0 Å². The minimum Gasteiger partial charge on any atom is -0.494 e. The van der Waals surface area contributed by atoms with Gasteiger partial charge in [0.05, 0.1) is 6.61 Å². The van der Waals surface area contributed by atoms with E-state index < -0.39 is 0 Å². The smallest absolute Gasteiger partial charge is 0.119 e. The molecule has 1 aromatic rings. The number of ether oxygens (including phenoxy) is 1. The molecule has 1 fully saturated rings. The highest BCUT2D eigenvalue weighted by atomic mass is 16.5. The van der Waals surface area contributed by atoms with Gasteiger partial charge in [-0.3, -0.25) is 0 Å². The van der Waals surface area contributed by atoms with Gasteiger partial charge in [0.1, 0.15) is 5.75 Å². The molecule has 112 valence electrons. The zero-order valence-corrected chi connectivity index (χ0v) is 13.2. The lowest BCUT2D eigenvalue weighted by Gasteiger charge is -2.42. The molecular formula is C18H29NO. The van der Waals surface area contributed by atoms with Crippen molar-refractivity contribution in [2.45, 2.75) is 58.9 Å². The van der Waals surface area contributed by atoms with Gasteiger partial charge < -0.3 is 10.1 Å². The third-order valence-corrected chi connectivity index (χ3v) is 4.80. The molecule has 20 heavy (non-hydrogen) atoms. The maximum atomic E-state index is 5.63. The van der Waals surface area contributed by atoms with E-state index in [1.165, 1.54) is 31.2 Å². The number of hydrogen-bond donors (Lipinski definition) is 1. The molecule has 0 bridgehead atoms. The van der Waals surface area contributed by atoms with E-state index in [0.717, 1.165) is 25.3 Å². The fraction of sp³-hybridized carbons (Fsp3) is 0.667. The van der Waals surface area contributed by atoms with Gasteiger partial charge in [-0.15, -0.1) is 0 Å². The molecule has 0 spiro atoms. The first kappa shape index (κ1) is 15.4. The van der Waals surface area contributed by atoms with Crippen molar-refractivity contribution in [1.82, 2.24) is 5.32 Å². The van der Waals surface area contributed by atoms with E-state index in [1.54, 1.807) is 0 Å². The van der Waals surface area contributed by atoms with Gasteiger partial charge in [0.15, 0.2) is 0 Å². The van der Waals surface area contributed by atoms with E-state index in [2.05, 4.69) is 50.4 Å². The summed E-state index contributed by atoms with van der Waals surface area (Å²) in [5.41, 5.74) is 1.93. The number of rotatable bonds is 8. The van der Waals surface area contributed by atoms with Crippen LogP contribution in [0.1, 0.15) is 64.5 Å². The molecule has 1 unspecified atom stereocenters. The third-order valence-electron chi connectivity index (χ3n) is 4.80. The molecule has 0 heterocycles. The van der Waals surface area contributed by atoms with E-state index >= 15 is 0 Å². The second kappa shape index (κ2) is 7.12. The first-order valence-corrected chi connectivity index (χ1v) is 8.15. The van der Waals surface area contributed by atoms with Crippen LogP contribution in [-0.2, 0) is 0 Å². The highest BCUT2D eigenvalue weighted by Gasteiger charge is 2.34. The number of benzene rings is 1. The lowest BCUT2D eigenvalue weighted by molar-refractivity contribution is 0.120. The predicted molar refractivity (Wildman–Crippen MR) is 85.2 cm³/mol. The van der Waals surface area contributed by atoms with Gasteiger partial charge in [-0.2, -0.15) is 0 Å². The van der Waals surface area contributed by atoms with Crippen LogP contribution in [0.4, 0.5) is 0 Å². The Balaban J connectivity index is 1.84. The molecule has 0 saturated heterocycles. The fourth-order valence-electron chi connectivity index (χ4n) is 2.89. The van der Waals surface area contributed by atoms with Crippen LogP contribution in [0.2, 0.25) is 0 Å². The summed E-state index contributed by atoms with van der Waals surface area (Å²) in [4.78, 5) is 0. The summed E-state index contributed by atoms with van der Waals surface area (Å²) in [6.07, 6.45) is 6.56. The predicted octanol–water partition coefficient (Wildman–Crippen LogP) is 4.71. The Kier molecular flexibility index (Phi) is 5.47. The highest BCUT2D eigenvalue weighted by molar-refractivity contribution is 5.29. The monoisotopic (exact) mass is 275 g/mol. The van der Waals surface area contributed by atoms with Crippen molar-refractivity contribution in [2.24, 2.45) is 5.41 Å². The molecule has 2 nitrogen and oxygen atoms in total. The topological polar surface area (TPSA) is 21.3 Å². The quantitative estimate of drug-likeness (QED) is 0.742. The van der Waals surface area contributed by atoms with Crippen molar-refractivity contribution in [3.8, 4) is 5.75 Å². The Bertz CT molecular complexity index is 389. The van der Waals surface area contributed by atoms with Crippen LogP contribution in [0.25, 0.3) is 0 Å². The van der Waals surface area contributed by atoms with Crippen LogP contribution in [0.15, 0.2) is 24.3 Å². The molecule has 1 saturated carbocycles. The molecule has 0 aliphatic heterocycles. The molecule has 0 amide bonds. The summed E-state index contributed by atoms with van der Waals surface area (Å²) in [5, 5.41) is 3.71. The second-order valence-corrected chi connectivity index (χ2v) is 6.23. The lowest BCUT2D eigenvalue weighted by atomic mass is 9.67. The Hall–Kier alpha value is -1.02. The summed E-state index contributed by atoms with van der Waals surface area (Å²) >= 11 is 0. The minimum atomic E-state index is 0.416. The first-order chi connectivity index (χ1) is 9.69. The van der Waals surface area contributed by atoms with Crippen LogP contribution in [0.5, 0.6) is 5.75 Å². The molecule has 1 aliphatic rings. The number of hydrogen-bond acceptors (Lipinski definition) is 2. The van der Waals surface area contributed by atoms with Gasteiger partial charge >= 0.3 is 0 Å². The van der Waals surface area contributed by atoms with Gasteiger partial charge in [0.25, 0.3) is 0 Å². The zero-order valence-electron chi connectivity index (χ0n) is 13.2. The van der Waals surface area contributed by atoms with Gasteiger partial charge in [-0.05, 0) is 55.7 Å². The van der Waals surface area contributed by atoms with Crippen LogP contribution in [0.3, 0.4) is 0 Å². The molecule has 0 radical (unpaired) electrons. The average molecular weight is 275 g/mol. The standard InChI is InChI=1S/C18H29NO/c1-4-13-20-17-9-7-16(8-10-17)15(3)19-14-18(5-2)11-6-12-18/h7-10,15,19H,4-6,11-14H2,1-3H3. The first-order valence-electron chi connectivity index (χ1n) is 8.15. The molecule has 2 heteroatoms. The van der Waals surface area contributed by atoms with Gasteiger partial charge in [0, 0.05) is 12.6 Å². The third kappa shape index (κ3) is 3.76. The molecule has 1 N–H and O–H groups in total. The normalized spacial score (nSPS) is 18.4. The second-order valence-electron chi connectivity index (χ2n) is 6.23. The highest BCUT2D eigenvalue weighted by Crippen LogP contribution is 2.43. The SMILES string of the molecule is CCCOc1ccc(C(C)NCC2(CC)CCC2)cc1. The van der Waals surface area contributed by atoms with Gasteiger partial charge in [-0.25, -0.2) is 0 Å². The van der Waals surface area contributed by atoms with Crippen molar-refractivity contribution in [3.63, 3.8) is 0 Å². The van der Waals surface area contributed by atoms with Crippen molar-refractivity contribution < 1.29 is 4.74 Å². The van der Waals surface area contributed by atoms with Gasteiger partial charge in [0.2, 0.25) is 0 Å². The maximum absolute atomic E-state index is 5.63. The largest absolute Gasteiger partial charge is 0.494 e. The molecule has 1 atom stereocenters. The van der Waals surface area contributed by atoms with E-state index in [-0.39, 0.29) is 0 Å². The summed E-state index contributed by atoms with van der Waals surface area (Å²) in [6, 6.07) is 8.95. The van der Waals surface area contributed by atoms with Gasteiger partial charge in [-0.1, -0.05) is 32.4 Å². The zero-order chi connectivity index (χ0) is 14.4. The summed E-state index contributed by atoms with van der Waals surface area (Å²) in [5.74, 6) is 0.979. The Morgan fingerprint density at radius 3 is 2.40 bits per heavy atom. The van der Waals surface area contributed by atoms with Crippen LogP contribution >= 0.6 is 0 Å². The fourth-order valence-corrected chi connectivity index (χ4v) is 2.89. The Labute approximate surface area is 123 Å². The average Bonchev–Trinajstić information content (AvgIpc) is 2.45. The van der Waals surface area contributed by atoms with Crippen LogP contribution < -0.4 is 10.1 Å². The molecule has 1 aliphatic carbocycles. The lowest BCUT2D eigenvalue weighted by Crippen LogP contribution is -2.40. The summed E-state index contributed by atoms with van der Waals surface area (Å²) in [7, 11) is 0. The molecule has 2 rings (SSSR count). The van der Waals surface area contributed by atoms with E-state index in [9.17, 15) is 0 Å². The van der Waals surface area contributed by atoms with Crippen molar-refractivity contribution >= 4 is 0 Å². The summed E-state index contributed by atoms with van der Waals surface area (Å²) < 4.78 is 5.63. The van der Waals surface area contributed by atoms with Crippen molar-refractivity contribution in [2.75, 3.05) is 13.2 Å². The summed E-state index contributed by atoms with van der Waals surface area (Å²) in [6.45, 7) is 8.66. The molecular weight excluding hydrogens is 246 g/mol. The van der Waals surface area contributed by atoms with E-state index in [4.69, 9.17) is 4.74 Å². The van der Waals surface area contributed by atoms with Crippen LogP contribution in [0, 0.1) is 5.41 Å². The van der Waals surface area contributed by atoms with E-state index in [0.29, 0.717) is 11.5 Å². The van der Waals surface area contributed by atoms with Crippen LogP contribution in [-0.4, -0.2) is 13.2 Å². The Morgan fingerprint density at radius 2 is 1.90 bits per heavy atom. The Morgan fingerprint density at radius 1 is 1.20 bits per heavy atom. The molecule has 0 aromatic heterocycles. The van der Waals surface area contributed by atoms with E-state index in [1.807, 2.05) is 0 Å².